The predicted octanol–water partition coefficient (Wildman–Crippen LogP) is 4.97. The second-order valence-electron chi connectivity index (χ2n) is 7.94. The number of benzene rings is 2. The van der Waals surface area contributed by atoms with Gasteiger partial charge in [-0.1, -0.05) is 35.9 Å². The third kappa shape index (κ3) is 4.88. The molecular weight excluding hydrogens is 462 g/mol. The zero-order valence-corrected chi connectivity index (χ0v) is 20.0. The summed E-state index contributed by atoms with van der Waals surface area (Å²) < 4.78 is 9.89. The second-order valence-corrected chi connectivity index (χ2v) is 8.38. The van der Waals surface area contributed by atoms with E-state index in [1.165, 1.54) is 0 Å². The third-order valence-electron chi connectivity index (χ3n) is 5.83. The van der Waals surface area contributed by atoms with Crippen LogP contribution in [0.3, 0.4) is 0 Å². The zero-order chi connectivity index (χ0) is 24.9. The summed E-state index contributed by atoms with van der Waals surface area (Å²) >= 11 is 6.25. The zero-order valence-electron chi connectivity index (χ0n) is 19.3. The van der Waals surface area contributed by atoms with E-state index in [4.69, 9.17) is 16.3 Å². The van der Waals surface area contributed by atoms with Crippen LogP contribution < -0.4 is 5.56 Å². The highest BCUT2D eigenvalue weighted by Gasteiger charge is 2.22. The van der Waals surface area contributed by atoms with Crippen molar-refractivity contribution in [2.75, 3.05) is 0 Å². The predicted molar refractivity (Wildman–Crippen MR) is 133 cm³/mol. The first-order valence-corrected chi connectivity index (χ1v) is 11.3. The Hall–Kier alpha value is -4.17. The molecule has 0 bridgehead atoms. The van der Waals surface area contributed by atoms with Crippen molar-refractivity contribution in [2.24, 2.45) is 7.05 Å². The van der Waals surface area contributed by atoms with Crippen molar-refractivity contribution in [1.29, 1.82) is 10.5 Å². The van der Waals surface area contributed by atoms with Crippen LogP contribution in [0, 0.1) is 22.7 Å². The first kappa shape index (κ1) is 24.0. The molecule has 0 N–H and O–H groups in total. The number of pyridine rings is 1. The molecule has 2 aromatic carbocycles. The van der Waals surface area contributed by atoms with Gasteiger partial charge in [-0.05, 0) is 48.4 Å². The summed E-state index contributed by atoms with van der Waals surface area (Å²) in [6.07, 6.45) is 2.92. The van der Waals surface area contributed by atoms with Crippen LogP contribution in [-0.2, 0) is 24.9 Å². The molecule has 0 saturated carbocycles. The van der Waals surface area contributed by atoms with Crippen LogP contribution in [0.5, 0.6) is 0 Å². The normalized spacial score (nSPS) is 11.6. The Morgan fingerprint density at radius 2 is 1.89 bits per heavy atom. The summed E-state index contributed by atoms with van der Waals surface area (Å²) in [5.41, 5.74) is 4.02. The molecule has 0 spiro atoms. The van der Waals surface area contributed by atoms with E-state index in [0.29, 0.717) is 28.4 Å². The fraction of sp³-hybridized carbons (Fsp3) is 0.185. The van der Waals surface area contributed by atoms with Gasteiger partial charge >= 0.3 is 0 Å². The lowest BCUT2D eigenvalue weighted by molar-refractivity contribution is 0.0581. The van der Waals surface area contributed by atoms with Crippen LogP contribution in [0.25, 0.3) is 11.1 Å². The molecule has 35 heavy (non-hydrogen) atoms. The van der Waals surface area contributed by atoms with E-state index < -0.39 is 6.10 Å². The number of hydrogen-bond acceptors (Lipinski definition) is 5. The van der Waals surface area contributed by atoms with E-state index in [2.05, 4.69) is 11.1 Å². The highest BCUT2D eigenvalue weighted by molar-refractivity contribution is 6.30. The number of nitrogens with zero attached hydrogens (tertiary/aromatic N) is 5. The van der Waals surface area contributed by atoms with E-state index in [9.17, 15) is 15.3 Å². The molecule has 0 amide bonds. The van der Waals surface area contributed by atoms with Gasteiger partial charge in [0.2, 0.25) is 0 Å². The highest BCUT2D eigenvalue weighted by atomic mass is 35.5. The molecule has 2 aromatic heterocycles. The smallest absolute Gasteiger partial charge is 0.268 e. The molecule has 0 aliphatic heterocycles. The molecule has 0 radical (unpaired) electrons. The van der Waals surface area contributed by atoms with Crippen LogP contribution in [0.1, 0.15) is 41.1 Å². The minimum absolute atomic E-state index is 0.0563. The second kappa shape index (κ2) is 10.4. The SMILES string of the molecule is CCn1c(COC(c2ccc(C#N)cc2)c2cncn2C)c(-c2cccc(Cl)c2)cc(C#N)c1=O. The van der Waals surface area contributed by atoms with E-state index in [1.54, 1.807) is 47.4 Å². The average molecular weight is 484 g/mol. The van der Waals surface area contributed by atoms with Gasteiger partial charge in [-0.15, -0.1) is 0 Å². The summed E-state index contributed by atoms with van der Waals surface area (Å²) in [6.45, 7) is 2.31. The number of imidazole rings is 1. The maximum Gasteiger partial charge on any atom is 0.268 e. The molecule has 0 fully saturated rings. The van der Waals surface area contributed by atoms with Crippen LogP contribution >= 0.6 is 11.6 Å². The van der Waals surface area contributed by atoms with Crippen LogP contribution in [-0.4, -0.2) is 14.1 Å². The van der Waals surface area contributed by atoms with E-state index in [1.807, 2.05) is 48.9 Å². The van der Waals surface area contributed by atoms with Gasteiger partial charge in [0.1, 0.15) is 17.7 Å². The maximum atomic E-state index is 13.0. The van der Waals surface area contributed by atoms with Gasteiger partial charge < -0.3 is 13.9 Å². The summed E-state index contributed by atoms with van der Waals surface area (Å²) in [4.78, 5) is 17.2. The van der Waals surface area contributed by atoms with Crippen molar-refractivity contribution in [2.45, 2.75) is 26.2 Å². The van der Waals surface area contributed by atoms with Gasteiger partial charge in [0.05, 0.1) is 42.2 Å². The Morgan fingerprint density at radius 1 is 1.11 bits per heavy atom. The molecule has 4 aromatic rings. The van der Waals surface area contributed by atoms with Gasteiger partial charge in [0.25, 0.3) is 5.56 Å². The lowest BCUT2D eigenvalue weighted by Gasteiger charge is -2.22. The standard InChI is InChI=1S/C27H22ClN5O2/c1-3-33-25(23(12-21(14-30)27(33)34)20-5-4-6-22(28)11-20)16-35-26(24-15-31-17-32(24)2)19-9-7-18(13-29)8-10-19/h4-12,15,17,26H,3,16H2,1-2H3. The van der Waals surface area contributed by atoms with Crippen molar-refractivity contribution >= 4 is 11.6 Å². The fourth-order valence-electron chi connectivity index (χ4n) is 4.05. The van der Waals surface area contributed by atoms with Crippen LogP contribution in [0.2, 0.25) is 5.02 Å². The Kier molecular flexibility index (Phi) is 7.12. The summed E-state index contributed by atoms with van der Waals surface area (Å²) in [7, 11) is 1.88. The largest absolute Gasteiger partial charge is 0.361 e. The molecular formula is C27H22ClN5O2. The fourth-order valence-corrected chi connectivity index (χ4v) is 4.24. The molecule has 0 aliphatic rings. The quantitative estimate of drug-likeness (QED) is 0.369. The number of hydrogen-bond donors (Lipinski definition) is 0. The lowest BCUT2D eigenvalue weighted by Crippen LogP contribution is -2.27. The Bertz CT molecular complexity index is 1510. The first-order valence-electron chi connectivity index (χ1n) is 11.0. The molecule has 1 atom stereocenters. The van der Waals surface area contributed by atoms with Gasteiger partial charge in [-0.3, -0.25) is 4.79 Å². The van der Waals surface area contributed by atoms with Crippen molar-refractivity contribution in [1.82, 2.24) is 14.1 Å². The van der Waals surface area contributed by atoms with Gasteiger partial charge in [0, 0.05) is 24.2 Å². The maximum absolute atomic E-state index is 13.0. The van der Waals surface area contributed by atoms with E-state index in [-0.39, 0.29) is 17.7 Å². The number of halogens is 1. The molecule has 4 rings (SSSR count). The van der Waals surface area contributed by atoms with E-state index >= 15 is 0 Å². The molecule has 0 saturated heterocycles. The van der Waals surface area contributed by atoms with Crippen LogP contribution in [0.15, 0.2) is 71.9 Å². The molecule has 8 heteroatoms. The minimum Gasteiger partial charge on any atom is -0.361 e. The molecule has 1 unspecified atom stereocenters. The van der Waals surface area contributed by atoms with Gasteiger partial charge in [-0.25, -0.2) is 4.98 Å². The molecule has 0 aliphatic carbocycles. The van der Waals surface area contributed by atoms with Crippen LogP contribution in [0.4, 0.5) is 0 Å². The number of ether oxygens (including phenoxy) is 1. The summed E-state index contributed by atoms with van der Waals surface area (Å²) in [5, 5.41) is 19.3. The van der Waals surface area contributed by atoms with Crippen molar-refractivity contribution in [3.05, 3.63) is 111 Å². The number of aromatic nitrogens is 3. The average Bonchev–Trinajstić information content (AvgIpc) is 3.30. The van der Waals surface area contributed by atoms with Crippen molar-refractivity contribution < 1.29 is 4.74 Å². The topological polar surface area (TPSA) is 96.6 Å². The number of aryl methyl sites for hydroxylation is 1. The first-order chi connectivity index (χ1) is 17.0. The van der Waals surface area contributed by atoms with Gasteiger partial charge in [0.15, 0.2) is 0 Å². The third-order valence-corrected chi connectivity index (χ3v) is 6.06. The Balaban J connectivity index is 1.82. The molecule has 2 heterocycles. The summed E-state index contributed by atoms with van der Waals surface area (Å²) in [5.74, 6) is 0. The Morgan fingerprint density at radius 3 is 2.49 bits per heavy atom. The summed E-state index contributed by atoms with van der Waals surface area (Å²) in [6, 6.07) is 20.2. The van der Waals surface area contributed by atoms with E-state index in [0.717, 1.165) is 16.8 Å². The van der Waals surface area contributed by atoms with Crippen molar-refractivity contribution in [3.63, 3.8) is 0 Å². The van der Waals surface area contributed by atoms with Gasteiger partial charge in [-0.2, -0.15) is 10.5 Å². The lowest BCUT2D eigenvalue weighted by atomic mass is 10.0. The number of nitriles is 2. The molecule has 7 nitrogen and oxygen atoms in total. The highest BCUT2D eigenvalue weighted by Crippen LogP contribution is 2.31. The minimum atomic E-state index is -0.501. The van der Waals surface area contributed by atoms with Crippen molar-refractivity contribution in [3.8, 4) is 23.3 Å². The molecule has 174 valence electrons. The Labute approximate surface area is 208 Å². The monoisotopic (exact) mass is 483 g/mol. The number of rotatable bonds is 7.